The van der Waals surface area contributed by atoms with Crippen molar-refractivity contribution in [1.82, 2.24) is 20.0 Å². The second kappa shape index (κ2) is 6.93. The molecule has 0 atom stereocenters. The van der Waals surface area contributed by atoms with E-state index in [4.69, 9.17) is 11.6 Å². The van der Waals surface area contributed by atoms with Crippen molar-refractivity contribution in [1.29, 1.82) is 0 Å². The second-order valence-corrected chi connectivity index (χ2v) is 7.43. The van der Waals surface area contributed by atoms with Gasteiger partial charge >= 0.3 is 0 Å². The van der Waals surface area contributed by atoms with E-state index in [9.17, 15) is 4.79 Å². The zero-order valence-corrected chi connectivity index (χ0v) is 16.0. The fourth-order valence-electron chi connectivity index (χ4n) is 2.57. The largest absolute Gasteiger partial charge is 0.300 e. The van der Waals surface area contributed by atoms with Crippen molar-refractivity contribution in [2.45, 2.75) is 34.1 Å². The van der Waals surface area contributed by atoms with Crippen LogP contribution in [0, 0.1) is 27.7 Å². The molecule has 25 heavy (non-hydrogen) atoms. The quantitative estimate of drug-likeness (QED) is 0.752. The van der Waals surface area contributed by atoms with E-state index in [1.54, 1.807) is 0 Å². The molecule has 6 nitrogen and oxygen atoms in total. The molecule has 3 rings (SSSR count). The summed E-state index contributed by atoms with van der Waals surface area (Å²) < 4.78 is 1.82. The highest BCUT2D eigenvalue weighted by molar-refractivity contribution is 7.15. The SMILES string of the molecule is Cc1nnc(NC(=O)Cc2c(C)nn(-c3ccc(C)c(Cl)c3)c2C)s1. The number of halogens is 1. The lowest BCUT2D eigenvalue weighted by atomic mass is 10.1. The molecule has 0 fully saturated rings. The lowest BCUT2D eigenvalue weighted by Crippen LogP contribution is -2.15. The number of nitrogens with one attached hydrogen (secondary N) is 1. The summed E-state index contributed by atoms with van der Waals surface area (Å²) in [4.78, 5) is 12.3. The number of rotatable bonds is 4. The molecule has 130 valence electrons. The number of hydrogen-bond donors (Lipinski definition) is 1. The molecule has 8 heteroatoms. The Morgan fingerprint density at radius 3 is 2.64 bits per heavy atom. The molecule has 3 aromatic rings. The van der Waals surface area contributed by atoms with Crippen molar-refractivity contribution < 1.29 is 4.79 Å². The molecule has 0 saturated heterocycles. The summed E-state index contributed by atoms with van der Waals surface area (Å²) >= 11 is 7.57. The Morgan fingerprint density at radius 1 is 1.24 bits per heavy atom. The van der Waals surface area contributed by atoms with Gasteiger partial charge in [-0.15, -0.1) is 10.2 Å². The third kappa shape index (κ3) is 3.72. The van der Waals surface area contributed by atoms with E-state index in [1.165, 1.54) is 11.3 Å². The number of hydrogen-bond acceptors (Lipinski definition) is 5. The molecule has 2 heterocycles. The fourth-order valence-corrected chi connectivity index (χ4v) is 3.35. The number of carbonyl (C=O) groups excluding carboxylic acids is 1. The molecule has 0 radical (unpaired) electrons. The monoisotopic (exact) mass is 375 g/mol. The van der Waals surface area contributed by atoms with Crippen LogP contribution < -0.4 is 5.32 Å². The number of anilines is 1. The summed E-state index contributed by atoms with van der Waals surface area (Å²) in [5.74, 6) is -0.135. The highest BCUT2D eigenvalue weighted by atomic mass is 35.5. The Kier molecular flexibility index (Phi) is 4.87. The average Bonchev–Trinajstić information content (AvgIpc) is 3.08. The molecule has 0 aliphatic carbocycles. The third-order valence-electron chi connectivity index (χ3n) is 3.95. The predicted octanol–water partition coefficient (Wildman–Crippen LogP) is 3.79. The maximum atomic E-state index is 12.3. The molecule has 0 bridgehead atoms. The van der Waals surface area contributed by atoms with E-state index < -0.39 is 0 Å². The van der Waals surface area contributed by atoms with Gasteiger partial charge in [0.1, 0.15) is 5.01 Å². The summed E-state index contributed by atoms with van der Waals surface area (Å²) in [6.45, 7) is 7.65. The van der Waals surface area contributed by atoms with Crippen LogP contribution in [0.5, 0.6) is 0 Å². The third-order valence-corrected chi connectivity index (χ3v) is 5.11. The zero-order valence-electron chi connectivity index (χ0n) is 14.4. The van der Waals surface area contributed by atoms with Crippen LogP contribution >= 0.6 is 22.9 Å². The number of nitrogens with zero attached hydrogens (tertiary/aromatic N) is 4. The smallest absolute Gasteiger partial charge is 0.230 e. The number of aryl methyl sites for hydroxylation is 3. The number of benzene rings is 1. The summed E-state index contributed by atoms with van der Waals surface area (Å²) in [7, 11) is 0. The molecule has 0 unspecified atom stereocenters. The lowest BCUT2D eigenvalue weighted by Gasteiger charge is -2.07. The van der Waals surface area contributed by atoms with Gasteiger partial charge in [-0.3, -0.25) is 4.79 Å². The molecule has 2 aromatic heterocycles. The Labute approximate surface area is 154 Å². The van der Waals surface area contributed by atoms with Crippen molar-refractivity contribution in [2.75, 3.05) is 5.32 Å². The Hall–Kier alpha value is -2.25. The number of amides is 1. The van der Waals surface area contributed by atoms with Gasteiger partial charge in [-0.05, 0) is 45.4 Å². The number of aromatic nitrogens is 4. The predicted molar refractivity (Wildman–Crippen MR) is 99.8 cm³/mol. The van der Waals surface area contributed by atoms with Gasteiger partial charge in [0.05, 0.1) is 17.8 Å². The normalized spacial score (nSPS) is 10.9. The minimum atomic E-state index is -0.135. The highest BCUT2D eigenvalue weighted by Crippen LogP contribution is 2.23. The van der Waals surface area contributed by atoms with Crippen LogP contribution in [-0.4, -0.2) is 25.9 Å². The van der Waals surface area contributed by atoms with Crippen molar-refractivity contribution in [3.63, 3.8) is 0 Å². The second-order valence-electron chi connectivity index (χ2n) is 5.85. The van der Waals surface area contributed by atoms with E-state index in [0.29, 0.717) is 10.2 Å². The maximum absolute atomic E-state index is 12.3. The minimum Gasteiger partial charge on any atom is -0.300 e. The van der Waals surface area contributed by atoms with Crippen molar-refractivity contribution >= 4 is 34.0 Å². The first-order valence-electron chi connectivity index (χ1n) is 7.76. The van der Waals surface area contributed by atoms with E-state index in [2.05, 4.69) is 20.6 Å². The van der Waals surface area contributed by atoms with Crippen LogP contribution in [0.2, 0.25) is 5.02 Å². The molecule has 0 aliphatic rings. The molecule has 0 saturated carbocycles. The Bertz CT molecular complexity index is 947. The maximum Gasteiger partial charge on any atom is 0.230 e. The molecule has 0 spiro atoms. The Morgan fingerprint density at radius 2 is 2.00 bits per heavy atom. The first-order valence-corrected chi connectivity index (χ1v) is 8.96. The zero-order chi connectivity index (χ0) is 18.1. The standard InChI is InChI=1S/C17H18ClN5OS/c1-9-5-6-13(7-15(9)18)23-11(3)14(10(2)22-23)8-16(24)19-17-21-20-12(4)25-17/h5-7H,8H2,1-4H3,(H,19,21,24). The molecule has 1 N–H and O–H groups in total. The van der Waals surface area contributed by atoms with Gasteiger partial charge in [0.25, 0.3) is 0 Å². The van der Waals surface area contributed by atoms with Gasteiger partial charge in [0, 0.05) is 16.3 Å². The lowest BCUT2D eigenvalue weighted by molar-refractivity contribution is -0.115. The van der Waals surface area contributed by atoms with Gasteiger partial charge in [-0.25, -0.2) is 4.68 Å². The topological polar surface area (TPSA) is 72.7 Å². The molecular formula is C17H18ClN5OS. The molecule has 0 aliphatic heterocycles. The molecule has 1 amide bonds. The van der Waals surface area contributed by atoms with Crippen LogP contribution in [0.15, 0.2) is 18.2 Å². The van der Waals surface area contributed by atoms with Gasteiger partial charge in [0.15, 0.2) is 0 Å². The van der Waals surface area contributed by atoms with Crippen molar-refractivity contribution in [3.8, 4) is 5.69 Å². The average molecular weight is 376 g/mol. The van der Waals surface area contributed by atoms with Crippen LogP contribution in [0.4, 0.5) is 5.13 Å². The van der Waals surface area contributed by atoms with Gasteiger partial charge in [0.2, 0.25) is 11.0 Å². The first kappa shape index (κ1) is 17.6. The summed E-state index contributed by atoms with van der Waals surface area (Å²) in [5, 5.41) is 17.2. The van der Waals surface area contributed by atoms with Gasteiger partial charge in [-0.1, -0.05) is 29.0 Å². The Balaban J connectivity index is 1.84. The first-order chi connectivity index (χ1) is 11.8. The summed E-state index contributed by atoms with van der Waals surface area (Å²) in [6.07, 6.45) is 0.232. The van der Waals surface area contributed by atoms with Crippen molar-refractivity contribution in [2.24, 2.45) is 0 Å². The molecule has 1 aromatic carbocycles. The molecular weight excluding hydrogens is 358 g/mol. The van der Waals surface area contributed by atoms with Crippen LogP contribution in [0.1, 0.15) is 27.5 Å². The van der Waals surface area contributed by atoms with Crippen LogP contribution in [0.3, 0.4) is 0 Å². The van der Waals surface area contributed by atoms with Gasteiger partial charge in [-0.2, -0.15) is 5.10 Å². The van der Waals surface area contributed by atoms with Gasteiger partial charge < -0.3 is 5.32 Å². The van der Waals surface area contributed by atoms with E-state index in [1.807, 2.05) is 50.6 Å². The van der Waals surface area contributed by atoms with E-state index >= 15 is 0 Å². The van der Waals surface area contributed by atoms with Crippen LogP contribution in [0.25, 0.3) is 5.69 Å². The van der Waals surface area contributed by atoms with Crippen LogP contribution in [-0.2, 0) is 11.2 Å². The van der Waals surface area contributed by atoms with Crippen molar-refractivity contribution in [3.05, 3.63) is 50.7 Å². The summed E-state index contributed by atoms with van der Waals surface area (Å²) in [6, 6.07) is 5.80. The van der Waals surface area contributed by atoms with E-state index in [-0.39, 0.29) is 12.3 Å². The highest BCUT2D eigenvalue weighted by Gasteiger charge is 2.17. The number of carbonyl (C=O) groups is 1. The summed E-state index contributed by atoms with van der Waals surface area (Å²) in [5.41, 5.74) is 4.52. The minimum absolute atomic E-state index is 0.135. The fraction of sp³-hybridized carbons (Fsp3) is 0.294. The van der Waals surface area contributed by atoms with E-state index in [0.717, 1.165) is 33.2 Å².